The van der Waals surface area contributed by atoms with Gasteiger partial charge in [-0.25, -0.2) is 0 Å². The van der Waals surface area contributed by atoms with Gasteiger partial charge in [0.05, 0.1) is 6.42 Å². The predicted octanol–water partition coefficient (Wildman–Crippen LogP) is 0.750. The van der Waals surface area contributed by atoms with E-state index in [-0.39, 0.29) is 18.2 Å². The standard InChI is InChI=1S/C13H17N3O2/c14-12(15-18)9-13(17)16-7-5-10-3-1-2-4-11(10)6-8-16/h1-4,18H,5-9H2,(H2,14,15). The molecule has 5 nitrogen and oxygen atoms in total. The molecular formula is C13H17N3O2. The van der Waals surface area contributed by atoms with Crippen molar-refractivity contribution in [3.8, 4) is 0 Å². The molecule has 0 spiro atoms. The highest BCUT2D eigenvalue weighted by atomic mass is 16.4. The van der Waals surface area contributed by atoms with E-state index in [4.69, 9.17) is 10.9 Å². The Morgan fingerprint density at radius 3 is 2.33 bits per heavy atom. The minimum absolute atomic E-state index is 0.0210. The zero-order valence-electron chi connectivity index (χ0n) is 10.2. The van der Waals surface area contributed by atoms with Crippen molar-refractivity contribution in [3.63, 3.8) is 0 Å². The van der Waals surface area contributed by atoms with E-state index >= 15 is 0 Å². The van der Waals surface area contributed by atoms with Crippen LogP contribution in [0.3, 0.4) is 0 Å². The maximum atomic E-state index is 11.9. The fourth-order valence-corrected chi connectivity index (χ4v) is 2.22. The zero-order chi connectivity index (χ0) is 13.0. The van der Waals surface area contributed by atoms with Crippen LogP contribution in [-0.4, -0.2) is 34.9 Å². The first-order valence-corrected chi connectivity index (χ1v) is 6.01. The van der Waals surface area contributed by atoms with Crippen molar-refractivity contribution in [3.05, 3.63) is 35.4 Å². The Kier molecular flexibility index (Phi) is 3.82. The Morgan fingerprint density at radius 1 is 1.28 bits per heavy atom. The molecule has 1 aliphatic rings. The van der Waals surface area contributed by atoms with Crippen LogP contribution in [0.5, 0.6) is 0 Å². The average Bonchev–Trinajstić information content (AvgIpc) is 2.61. The highest BCUT2D eigenvalue weighted by Gasteiger charge is 2.18. The Bertz CT molecular complexity index is 444. The van der Waals surface area contributed by atoms with Crippen molar-refractivity contribution >= 4 is 11.7 Å². The number of amides is 1. The van der Waals surface area contributed by atoms with Gasteiger partial charge in [-0.15, -0.1) is 0 Å². The third-order valence-corrected chi connectivity index (χ3v) is 3.23. The lowest BCUT2D eigenvalue weighted by Gasteiger charge is -2.19. The maximum Gasteiger partial charge on any atom is 0.230 e. The fraction of sp³-hybridized carbons (Fsp3) is 0.385. The minimum Gasteiger partial charge on any atom is -0.409 e. The lowest BCUT2D eigenvalue weighted by Crippen LogP contribution is -2.35. The molecule has 0 aliphatic carbocycles. The van der Waals surface area contributed by atoms with E-state index < -0.39 is 0 Å². The molecular weight excluding hydrogens is 230 g/mol. The van der Waals surface area contributed by atoms with Crippen LogP contribution in [-0.2, 0) is 17.6 Å². The fourth-order valence-electron chi connectivity index (χ4n) is 2.22. The zero-order valence-corrected chi connectivity index (χ0v) is 10.2. The number of nitrogens with two attached hydrogens (primary N) is 1. The number of oxime groups is 1. The topological polar surface area (TPSA) is 78.9 Å². The number of benzene rings is 1. The van der Waals surface area contributed by atoms with Crippen molar-refractivity contribution in [1.29, 1.82) is 0 Å². The molecule has 1 aromatic carbocycles. The van der Waals surface area contributed by atoms with E-state index in [1.54, 1.807) is 4.90 Å². The first kappa shape index (κ1) is 12.4. The first-order valence-electron chi connectivity index (χ1n) is 6.01. The molecule has 1 aromatic rings. The molecule has 0 unspecified atom stereocenters. The summed E-state index contributed by atoms with van der Waals surface area (Å²) in [6.45, 7) is 1.38. The molecule has 0 radical (unpaired) electrons. The summed E-state index contributed by atoms with van der Waals surface area (Å²) in [6.07, 6.45) is 1.70. The number of carbonyl (C=O) groups is 1. The molecule has 0 atom stereocenters. The molecule has 2 rings (SSSR count). The number of amidine groups is 1. The summed E-state index contributed by atoms with van der Waals surface area (Å²) in [5.41, 5.74) is 7.96. The Morgan fingerprint density at radius 2 is 1.83 bits per heavy atom. The van der Waals surface area contributed by atoms with Crippen LogP contribution < -0.4 is 5.73 Å². The quantitative estimate of drug-likeness (QED) is 0.350. The average molecular weight is 247 g/mol. The second-order valence-corrected chi connectivity index (χ2v) is 4.42. The van der Waals surface area contributed by atoms with E-state index in [2.05, 4.69) is 17.3 Å². The second-order valence-electron chi connectivity index (χ2n) is 4.42. The number of hydrogen-bond acceptors (Lipinski definition) is 3. The normalized spacial score (nSPS) is 16.0. The van der Waals surface area contributed by atoms with Gasteiger partial charge >= 0.3 is 0 Å². The molecule has 18 heavy (non-hydrogen) atoms. The summed E-state index contributed by atoms with van der Waals surface area (Å²) >= 11 is 0. The van der Waals surface area contributed by atoms with Gasteiger partial charge in [-0.05, 0) is 24.0 Å². The number of nitrogens with zero attached hydrogens (tertiary/aromatic N) is 2. The number of rotatable bonds is 2. The van der Waals surface area contributed by atoms with Gasteiger partial charge in [0.15, 0.2) is 0 Å². The summed E-state index contributed by atoms with van der Waals surface area (Å²) in [4.78, 5) is 13.7. The Balaban J connectivity index is 2.02. The molecule has 3 N–H and O–H groups in total. The molecule has 0 aromatic heterocycles. The molecule has 0 bridgehead atoms. The summed E-state index contributed by atoms with van der Waals surface area (Å²) < 4.78 is 0. The Labute approximate surface area is 106 Å². The van der Waals surface area contributed by atoms with Crippen LogP contribution >= 0.6 is 0 Å². The summed E-state index contributed by atoms with van der Waals surface area (Å²) in [7, 11) is 0. The van der Waals surface area contributed by atoms with Crippen molar-refractivity contribution < 1.29 is 10.0 Å². The Hall–Kier alpha value is -2.04. The van der Waals surface area contributed by atoms with Crippen molar-refractivity contribution in [2.75, 3.05) is 13.1 Å². The predicted molar refractivity (Wildman–Crippen MR) is 68.5 cm³/mol. The van der Waals surface area contributed by atoms with E-state index in [0.29, 0.717) is 13.1 Å². The van der Waals surface area contributed by atoms with Crippen LogP contribution in [0, 0.1) is 0 Å². The lowest BCUT2D eigenvalue weighted by molar-refractivity contribution is -0.129. The van der Waals surface area contributed by atoms with Gasteiger partial charge in [0, 0.05) is 13.1 Å². The molecule has 5 heteroatoms. The molecule has 0 fully saturated rings. The minimum atomic E-state index is -0.0851. The van der Waals surface area contributed by atoms with E-state index in [1.165, 1.54) is 11.1 Å². The van der Waals surface area contributed by atoms with E-state index in [0.717, 1.165) is 12.8 Å². The van der Waals surface area contributed by atoms with Gasteiger partial charge in [-0.2, -0.15) is 0 Å². The largest absolute Gasteiger partial charge is 0.409 e. The van der Waals surface area contributed by atoms with Gasteiger partial charge in [-0.3, -0.25) is 4.79 Å². The SMILES string of the molecule is NC(CC(=O)N1CCc2ccccc2CC1)=NO. The van der Waals surface area contributed by atoms with Crippen LogP contribution in [0.2, 0.25) is 0 Å². The van der Waals surface area contributed by atoms with Crippen LogP contribution in [0.1, 0.15) is 17.5 Å². The van der Waals surface area contributed by atoms with E-state index in [1.807, 2.05) is 12.1 Å². The number of fused-ring (bicyclic) bond motifs is 1. The summed E-state index contributed by atoms with van der Waals surface area (Å²) in [6, 6.07) is 8.25. The molecule has 0 saturated heterocycles. The third-order valence-electron chi connectivity index (χ3n) is 3.23. The molecule has 1 aliphatic heterocycles. The van der Waals surface area contributed by atoms with Crippen molar-refractivity contribution in [2.45, 2.75) is 19.3 Å². The molecule has 96 valence electrons. The van der Waals surface area contributed by atoms with E-state index in [9.17, 15) is 4.79 Å². The molecule has 1 heterocycles. The summed E-state index contributed by atoms with van der Waals surface area (Å²) in [5, 5.41) is 11.3. The number of carbonyl (C=O) groups excluding carboxylic acids is 1. The first-order chi connectivity index (χ1) is 8.70. The number of hydrogen-bond donors (Lipinski definition) is 2. The smallest absolute Gasteiger partial charge is 0.230 e. The van der Waals surface area contributed by atoms with Gasteiger partial charge in [0.25, 0.3) is 0 Å². The lowest BCUT2D eigenvalue weighted by atomic mass is 10.0. The second kappa shape index (κ2) is 5.53. The van der Waals surface area contributed by atoms with Gasteiger partial charge < -0.3 is 15.8 Å². The van der Waals surface area contributed by atoms with Crippen molar-refractivity contribution in [2.24, 2.45) is 10.9 Å². The summed E-state index contributed by atoms with van der Waals surface area (Å²) in [5.74, 6) is -0.125. The van der Waals surface area contributed by atoms with Gasteiger partial charge in [0.2, 0.25) is 5.91 Å². The molecule has 1 amide bonds. The van der Waals surface area contributed by atoms with Crippen LogP contribution in [0.4, 0.5) is 0 Å². The maximum absolute atomic E-state index is 11.9. The van der Waals surface area contributed by atoms with Crippen LogP contribution in [0.15, 0.2) is 29.4 Å². The highest BCUT2D eigenvalue weighted by Crippen LogP contribution is 2.15. The monoisotopic (exact) mass is 247 g/mol. The van der Waals surface area contributed by atoms with Crippen molar-refractivity contribution in [1.82, 2.24) is 4.90 Å². The van der Waals surface area contributed by atoms with Crippen LogP contribution in [0.25, 0.3) is 0 Å². The van der Waals surface area contributed by atoms with Gasteiger partial charge in [-0.1, -0.05) is 29.4 Å². The highest BCUT2D eigenvalue weighted by molar-refractivity contribution is 5.98. The van der Waals surface area contributed by atoms with Gasteiger partial charge in [0.1, 0.15) is 5.84 Å². The third kappa shape index (κ3) is 2.80. The molecule has 0 saturated carbocycles.